The zero-order valence-electron chi connectivity index (χ0n) is 27.9. The van der Waals surface area contributed by atoms with Crippen molar-refractivity contribution >= 4 is 40.8 Å². The smallest absolute Gasteiger partial charge is 0.335 e. The van der Waals surface area contributed by atoms with Crippen LogP contribution in [-0.4, -0.2) is 53.8 Å². The summed E-state index contributed by atoms with van der Waals surface area (Å²) in [6.45, 7) is 7.69. The molecular weight excluding hydrogens is 642 g/mol. The number of nitrogens with one attached hydrogen (secondary N) is 2. The maximum Gasteiger partial charge on any atom is 0.335 e. The minimum absolute atomic E-state index is 0.0547. The minimum atomic E-state index is -1.09. The third-order valence-corrected chi connectivity index (χ3v) is 9.92. The molecule has 4 atom stereocenters. The molecular formula is C39H40ClN3O6. The number of aromatic carboxylic acids is 2. The standard InChI is InChI=1S/C39H40ClN3O6/c1-38(2,3)20-32-39(22-43(30-19-27(40)15-16-28(30)39)21-23-10-12-25(13-11-23)36(45)46)33(24-8-6-5-7-9-24)34(42-32)35(44)41-29-17-14-26(37(47)48)18-31(29)49-4/h5-19,32-34,42H,20-22H2,1-4H3,(H,41,44)(H,45,46)(H,47,48)/t32?,33-,34+,39-/m0/s1. The quantitative estimate of drug-likeness (QED) is 0.146. The van der Waals surface area contributed by atoms with Crippen molar-refractivity contribution in [2.45, 2.75) is 57.2 Å². The van der Waals surface area contributed by atoms with Crippen LogP contribution in [0.15, 0.2) is 91.0 Å². The number of anilines is 2. The van der Waals surface area contributed by atoms with Crippen molar-refractivity contribution in [3.05, 3.63) is 124 Å². The highest BCUT2D eigenvalue weighted by Crippen LogP contribution is 2.58. The molecule has 0 saturated carbocycles. The Morgan fingerprint density at radius 2 is 1.61 bits per heavy atom. The fourth-order valence-corrected chi connectivity index (χ4v) is 7.84. The minimum Gasteiger partial charge on any atom is -0.495 e. The molecule has 1 unspecified atom stereocenters. The van der Waals surface area contributed by atoms with E-state index in [0.717, 1.165) is 28.8 Å². The molecule has 2 aliphatic heterocycles. The van der Waals surface area contributed by atoms with Crippen LogP contribution in [0.3, 0.4) is 0 Å². The van der Waals surface area contributed by atoms with E-state index in [9.17, 15) is 24.6 Å². The van der Waals surface area contributed by atoms with Crippen molar-refractivity contribution in [3.8, 4) is 5.75 Å². The van der Waals surface area contributed by atoms with E-state index in [0.29, 0.717) is 23.8 Å². The highest BCUT2D eigenvalue weighted by Gasteiger charge is 2.62. The van der Waals surface area contributed by atoms with Crippen LogP contribution in [-0.2, 0) is 16.8 Å². The van der Waals surface area contributed by atoms with Crippen LogP contribution >= 0.6 is 11.6 Å². The lowest BCUT2D eigenvalue weighted by molar-refractivity contribution is -0.118. The topological polar surface area (TPSA) is 128 Å². The Balaban J connectivity index is 1.47. The molecule has 1 amide bonds. The Morgan fingerprint density at radius 1 is 0.939 bits per heavy atom. The van der Waals surface area contributed by atoms with E-state index in [1.165, 1.54) is 19.2 Å². The number of hydrogen-bond donors (Lipinski definition) is 4. The Bertz CT molecular complexity index is 1890. The van der Waals surface area contributed by atoms with Gasteiger partial charge in [0.25, 0.3) is 0 Å². The first-order valence-corrected chi connectivity index (χ1v) is 16.6. The molecule has 0 bridgehead atoms. The fourth-order valence-electron chi connectivity index (χ4n) is 7.67. The van der Waals surface area contributed by atoms with Crippen LogP contribution < -0.4 is 20.3 Å². The summed E-state index contributed by atoms with van der Waals surface area (Å²) in [7, 11) is 1.44. The first-order chi connectivity index (χ1) is 23.3. The number of fused-ring (bicyclic) bond motifs is 2. The summed E-state index contributed by atoms with van der Waals surface area (Å²) < 4.78 is 5.49. The van der Waals surface area contributed by atoms with Crippen molar-refractivity contribution in [2.75, 3.05) is 23.9 Å². The fraction of sp³-hybridized carbons (Fsp3) is 0.308. The lowest BCUT2D eigenvalue weighted by Gasteiger charge is -2.40. The van der Waals surface area contributed by atoms with Crippen LogP contribution in [0.2, 0.25) is 5.02 Å². The lowest BCUT2D eigenvalue weighted by atomic mass is 9.63. The molecule has 1 saturated heterocycles. The van der Waals surface area contributed by atoms with Crippen molar-refractivity contribution in [3.63, 3.8) is 0 Å². The number of rotatable bonds is 9. The molecule has 4 aromatic carbocycles. The molecule has 0 radical (unpaired) electrons. The number of carbonyl (C=O) groups excluding carboxylic acids is 1. The number of hydrogen-bond acceptors (Lipinski definition) is 6. The predicted octanol–water partition coefficient (Wildman–Crippen LogP) is 7.20. The van der Waals surface area contributed by atoms with E-state index >= 15 is 0 Å². The van der Waals surface area contributed by atoms with Crippen molar-refractivity contribution in [2.24, 2.45) is 5.41 Å². The van der Waals surface area contributed by atoms with Gasteiger partial charge in [-0.1, -0.05) is 80.9 Å². The molecule has 9 nitrogen and oxygen atoms in total. The van der Waals surface area contributed by atoms with Gasteiger partial charge in [-0.25, -0.2) is 9.59 Å². The number of carbonyl (C=O) groups is 3. The molecule has 1 fully saturated rings. The van der Waals surface area contributed by atoms with Crippen LogP contribution in [0.1, 0.15) is 70.5 Å². The molecule has 2 heterocycles. The second kappa shape index (κ2) is 13.2. The molecule has 4 aromatic rings. The third-order valence-electron chi connectivity index (χ3n) is 9.68. The summed E-state index contributed by atoms with van der Waals surface area (Å²) in [4.78, 5) is 40.0. The molecule has 1 spiro atoms. The molecule has 4 N–H and O–H groups in total. The van der Waals surface area contributed by atoms with Gasteiger partial charge in [-0.2, -0.15) is 0 Å². The maximum atomic E-state index is 14.5. The number of nitrogens with zero attached hydrogens (tertiary/aromatic N) is 1. The van der Waals surface area contributed by atoms with Crippen molar-refractivity contribution in [1.82, 2.24) is 5.32 Å². The van der Waals surface area contributed by atoms with Gasteiger partial charge in [0.2, 0.25) is 5.91 Å². The molecule has 10 heteroatoms. The summed E-state index contributed by atoms with van der Waals surface area (Å²) in [5, 5.41) is 26.4. The monoisotopic (exact) mass is 681 g/mol. The Kier molecular flexibility index (Phi) is 9.17. The molecule has 0 aliphatic carbocycles. The average Bonchev–Trinajstić information content (AvgIpc) is 3.54. The van der Waals surface area contributed by atoms with Crippen molar-refractivity contribution < 1.29 is 29.3 Å². The van der Waals surface area contributed by atoms with Gasteiger partial charge in [-0.05, 0) is 71.0 Å². The van der Waals surface area contributed by atoms with Gasteiger partial charge < -0.3 is 30.5 Å². The van der Waals surface area contributed by atoms with Gasteiger partial charge in [-0.15, -0.1) is 0 Å². The lowest BCUT2D eigenvalue weighted by Crippen LogP contribution is -2.48. The number of methoxy groups -OCH3 is 1. The Labute approximate surface area is 290 Å². The van der Waals surface area contributed by atoms with Gasteiger partial charge in [0.1, 0.15) is 5.75 Å². The second-order valence-electron chi connectivity index (χ2n) is 14.1. The first-order valence-electron chi connectivity index (χ1n) is 16.2. The van der Waals surface area contributed by atoms with Crippen LogP contribution in [0.25, 0.3) is 0 Å². The highest BCUT2D eigenvalue weighted by molar-refractivity contribution is 6.31. The molecule has 254 valence electrons. The summed E-state index contributed by atoms with van der Waals surface area (Å²) in [6.07, 6.45) is 0.764. The number of amides is 1. The average molecular weight is 682 g/mol. The van der Waals surface area contributed by atoms with Gasteiger partial charge >= 0.3 is 11.9 Å². The summed E-state index contributed by atoms with van der Waals surface area (Å²) in [5.41, 5.74) is 4.01. The van der Waals surface area contributed by atoms with E-state index in [1.807, 2.05) is 42.5 Å². The van der Waals surface area contributed by atoms with E-state index in [2.05, 4.69) is 54.5 Å². The molecule has 6 rings (SSSR count). The molecule has 49 heavy (non-hydrogen) atoms. The summed E-state index contributed by atoms with van der Waals surface area (Å²) >= 11 is 6.65. The van der Waals surface area contributed by atoms with Gasteiger partial charge in [0.05, 0.1) is 30.0 Å². The number of halogens is 1. The predicted molar refractivity (Wildman–Crippen MR) is 190 cm³/mol. The number of benzene rings is 4. The SMILES string of the molecule is COc1cc(C(=O)O)ccc1NC(=O)[C@@H]1NC(CC(C)(C)C)[C@@]2(CN(Cc3ccc(C(=O)O)cc3)c3cc(Cl)ccc32)[C@H]1c1ccccc1. The highest BCUT2D eigenvalue weighted by atomic mass is 35.5. The Hall–Kier alpha value is -4.86. The number of carboxylic acid groups (broad SMARTS) is 2. The van der Waals surface area contributed by atoms with E-state index in [4.69, 9.17) is 16.3 Å². The van der Waals surface area contributed by atoms with Crippen molar-refractivity contribution in [1.29, 1.82) is 0 Å². The number of carboxylic acids is 2. The maximum absolute atomic E-state index is 14.5. The van der Waals surface area contributed by atoms with Crippen LogP contribution in [0.5, 0.6) is 5.75 Å². The summed E-state index contributed by atoms with van der Waals surface area (Å²) in [5.74, 6) is -2.39. The Morgan fingerprint density at radius 3 is 2.24 bits per heavy atom. The summed E-state index contributed by atoms with van der Waals surface area (Å²) in [6, 6.07) is 26.6. The molecule has 0 aromatic heterocycles. The second-order valence-corrected chi connectivity index (χ2v) is 14.6. The van der Waals surface area contributed by atoms with Gasteiger partial charge in [0.15, 0.2) is 0 Å². The number of ether oxygens (including phenoxy) is 1. The van der Waals surface area contributed by atoms with Crippen LogP contribution in [0, 0.1) is 5.41 Å². The zero-order chi connectivity index (χ0) is 35.1. The van der Waals surface area contributed by atoms with Gasteiger partial charge in [-0.3, -0.25) is 4.79 Å². The largest absolute Gasteiger partial charge is 0.495 e. The van der Waals surface area contributed by atoms with E-state index < -0.39 is 23.4 Å². The zero-order valence-corrected chi connectivity index (χ0v) is 28.6. The normalized spacial score (nSPS) is 21.4. The third kappa shape index (κ3) is 6.60. The van der Waals surface area contributed by atoms with Crippen LogP contribution in [0.4, 0.5) is 11.4 Å². The van der Waals surface area contributed by atoms with E-state index in [1.54, 1.807) is 18.2 Å². The first kappa shape index (κ1) is 34.0. The molecule has 2 aliphatic rings. The van der Waals surface area contributed by atoms with E-state index in [-0.39, 0.29) is 40.2 Å². The van der Waals surface area contributed by atoms with Gasteiger partial charge in [0, 0.05) is 41.2 Å².